The van der Waals surface area contributed by atoms with E-state index in [1.165, 1.54) is 12.1 Å². The molecule has 0 amide bonds. The zero-order valence-electron chi connectivity index (χ0n) is 11.1. The van der Waals surface area contributed by atoms with E-state index < -0.39 is 0 Å². The molecule has 1 atom stereocenters. The van der Waals surface area contributed by atoms with Crippen LogP contribution in [-0.4, -0.2) is 31.8 Å². The second-order valence-electron chi connectivity index (χ2n) is 4.88. The SMILES string of the molecule is COCCNCC(Cc1cscn1)CC(C)C. The van der Waals surface area contributed by atoms with Crippen molar-refractivity contribution in [1.82, 2.24) is 10.3 Å². The molecule has 0 saturated heterocycles. The number of thiazole rings is 1. The molecule has 98 valence electrons. The van der Waals surface area contributed by atoms with Crippen LogP contribution in [-0.2, 0) is 11.2 Å². The van der Waals surface area contributed by atoms with Gasteiger partial charge in [-0.15, -0.1) is 11.3 Å². The van der Waals surface area contributed by atoms with Crippen LogP contribution < -0.4 is 5.32 Å². The number of rotatable bonds is 9. The van der Waals surface area contributed by atoms with E-state index in [1.54, 1.807) is 18.4 Å². The van der Waals surface area contributed by atoms with Crippen LogP contribution in [0.2, 0.25) is 0 Å². The molecule has 3 nitrogen and oxygen atoms in total. The van der Waals surface area contributed by atoms with Crippen LogP contribution in [0.4, 0.5) is 0 Å². The molecule has 1 N–H and O–H groups in total. The summed E-state index contributed by atoms with van der Waals surface area (Å²) in [7, 11) is 1.74. The summed E-state index contributed by atoms with van der Waals surface area (Å²) in [6.45, 7) is 7.33. The van der Waals surface area contributed by atoms with Crippen molar-refractivity contribution >= 4 is 11.3 Å². The summed E-state index contributed by atoms with van der Waals surface area (Å²) in [4.78, 5) is 4.37. The molecule has 1 rings (SSSR count). The molecule has 0 bridgehead atoms. The normalized spacial score (nSPS) is 13.2. The predicted molar refractivity (Wildman–Crippen MR) is 73.5 cm³/mol. The van der Waals surface area contributed by atoms with E-state index >= 15 is 0 Å². The second kappa shape index (κ2) is 8.61. The predicted octanol–water partition coefficient (Wildman–Crippen LogP) is 2.58. The molecule has 0 aliphatic carbocycles. The second-order valence-corrected chi connectivity index (χ2v) is 5.60. The summed E-state index contributed by atoms with van der Waals surface area (Å²) >= 11 is 1.68. The van der Waals surface area contributed by atoms with E-state index in [0.717, 1.165) is 32.0 Å². The molecule has 0 aliphatic rings. The lowest BCUT2D eigenvalue weighted by Gasteiger charge is -2.18. The Bertz CT molecular complexity index is 275. The Labute approximate surface area is 109 Å². The van der Waals surface area contributed by atoms with Gasteiger partial charge in [-0.1, -0.05) is 13.8 Å². The summed E-state index contributed by atoms with van der Waals surface area (Å²) in [5, 5.41) is 5.61. The third-order valence-corrected chi connectivity index (χ3v) is 3.34. The molecule has 1 aromatic rings. The van der Waals surface area contributed by atoms with Crippen LogP contribution in [0.25, 0.3) is 0 Å². The standard InChI is InChI=1S/C13H24N2OS/c1-11(2)6-12(8-14-4-5-16-3)7-13-9-17-10-15-13/h9-12,14H,4-8H2,1-3H3. The number of nitrogens with one attached hydrogen (secondary N) is 1. The summed E-state index contributed by atoms with van der Waals surface area (Å²) < 4.78 is 5.04. The summed E-state index contributed by atoms with van der Waals surface area (Å²) in [5.74, 6) is 1.41. The summed E-state index contributed by atoms with van der Waals surface area (Å²) in [5.41, 5.74) is 3.15. The number of methoxy groups -OCH3 is 1. The molecule has 0 aliphatic heterocycles. The Morgan fingerprint density at radius 2 is 2.29 bits per heavy atom. The number of ether oxygens (including phenoxy) is 1. The van der Waals surface area contributed by atoms with Gasteiger partial charge in [0.2, 0.25) is 0 Å². The van der Waals surface area contributed by atoms with Gasteiger partial charge >= 0.3 is 0 Å². The maximum Gasteiger partial charge on any atom is 0.0794 e. The van der Waals surface area contributed by atoms with Crippen LogP contribution >= 0.6 is 11.3 Å². The van der Waals surface area contributed by atoms with Gasteiger partial charge in [0, 0.05) is 19.0 Å². The van der Waals surface area contributed by atoms with Gasteiger partial charge in [0.1, 0.15) is 0 Å². The fraction of sp³-hybridized carbons (Fsp3) is 0.769. The first-order valence-electron chi connectivity index (χ1n) is 6.29. The lowest BCUT2D eigenvalue weighted by molar-refractivity contribution is 0.197. The van der Waals surface area contributed by atoms with Crippen LogP contribution in [0.15, 0.2) is 10.9 Å². The van der Waals surface area contributed by atoms with Crippen LogP contribution in [0.1, 0.15) is 26.0 Å². The Kier molecular flexibility index (Phi) is 7.40. The van der Waals surface area contributed by atoms with Crippen molar-refractivity contribution in [3.05, 3.63) is 16.6 Å². The molecule has 0 saturated carbocycles. The van der Waals surface area contributed by atoms with Crippen LogP contribution in [0.5, 0.6) is 0 Å². The quantitative estimate of drug-likeness (QED) is 0.690. The topological polar surface area (TPSA) is 34.1 Å². The molecule has 4 heteroatoms. The lowest BCUT2D eigenvalue weighted by atomic mass is 9.93. The monoisotopic (exact) mass is 256 g/mol. The van der Waals surface area contributed by atoms with Crippen LogP contribution in [0.3, 0.4) is 0 Å². The van der Waals surface area contributed by atoms with Crippen molar-refractivity contribution in [2.45, 2.75) is 26.7 Å². The van der Waals surface area contributed by atoms with Crippen molar-refractivity contribution in [2.24, 2.45) is 11.8 Å². The highest BCUT2D eigenvalue weighted by molar-refractivity contribution is 7.07. The molecule has 1 aromatic heterocycles. The molecule has 0 aromatic carbocycles. The maximum atomic E-state index is 5.04. The third-order valence-electron chi connectivity index (χ3n) is 2.70. The molecule has 0 radical (unpaired) electrons. The highest BCUT2D eigenvalue weighted by Gasteiger charge is 2.12. The third kappa shape index (κ3) is 6.76. The van der Waals surface area contributed by atoms with Gasteiger partial charge in [0.15, 0.2) is 0 Å². The van der Waals surface area contributed by atoms with Crippen molar-refractivity contribution in [3.63, 3.8) is 0 Å². The van der Waals surface area contributed by atoms with Crippen LogP contribution in [0, 0.1) is 11.8 Å². The van der Waals surface area contributed by atoms with Crippen molar-refractivity contribution in [2.75, 3.05) is 26.8 Å². The number of nitrogens with zero attached hydrogens (tertiary/aromatic N) is 1. The van der Waals surface area contributed by atoms with E-state index in [9.17, 15) is 0 Å². The first-order chi connectivity index (χ1) is 8.22. The summed E-state index contributed by atoms with van der Waals surface area (Å²) in [6.07, 6.45) is 2.33. The van der Waals surface area contributed by atoms with E-state index in [4.69, 9.17) is 4.74 Å². The molecular formula is C13H24N2OS. The van der Waals surface area contributed by atoms with E-state index in [2.05, 4.69) is 29.5 Å². The van der Waals surface area contributed by atoms with Crippen molar-refractivity contribution < 1.29 is 4.74 Å². The summed E-state index contributed by atoms with van der Waals surface area (Å²) in [6, 6.07) is 0. The Hall–Kier alpha value is -0.450. The fourth-order valence-electron chi connectivity index (χ4n) is 2.02. The molecule has 0 spiro atoms. The van der Waals surface area contributed by atoms with Gasteiger partial charge in [-0.3, -0.25) is 0 Å². The maximum absolute atomic E-state index is 5.04. The average Bonchev–Trinajstić information content (AvgIpc) is 2.76. The number of hydrogen-bond donors (Lipinski definition) is 1. The lowest BCUT2D eigenvalue weighted by Crippen LogP contribution is -2.28. The molecule has 17 heavy (non-hydrogen) atoms. The van der Waals surface area contributed by atoms with Gasteiger partial charge < -0.3 is 10.1 Å². The first kappa shape index (κ1) is 14.6. The number of hydrogen-bond acceptors (Lipinski definition) is 4. The van der Waals surface area contributed by atoms with Crippen molar-refractivity contribution in [3.8, 4) is 0 Å². The zero-order valence-corrected chi connectivity index (χ0v) is 11.9. The molecular weight excluding hydrogens is 232 g/mol. The minimum absolute atomic E-state index is 0.675. The Morgan fingerprint density at radius 3 is 2.88 bits per heavy atom. The minimum atomic E-state index is 0.675. The molecule has 1 unspecified atom stereocenters. The zero-order chi connectivity index (χ0) is 12.5. The van der Waals surface area contributed by atoms with Gasteiger partial charge in [-0.2, -0.15) is 0 Å². The minimum Gasteiger partial charge on any atom is -0.383 e. The van der Waals surface area contributed by atoms with Gasteiger partial charge in [-0.05, 0) is 31.2 Å². The Balaban J connectivity index is 2.32. The average molecular weight is 256 g/mol. The number of aromatic nitrogens is 1. The van der Waals surface area contributed by atoms with Gasteiger partial charge in [0.25, 0.3) is 0 Å². The van der Waals surface area contributed by atoms with E-state index in [0.29, 0.717) is 5.92 Å². The fourth-order valence-corrected chi connectivity index (χ4v) is 2.59. The van der Waals surface area contributed by atoms with E-state index in [-0.39, 0.29) is 0 Å². The highest BCUT2D eigenvalue weighted by atomic mass is 32.1. The van der Waals surface area contributed by atoms with E-state index in [1.807, 2.05) is 5.51 Å². The first-order valence-corrected chi connectivity index (χ1v) is 7.23. The highest BCUT2D eigenvalue weighted by Crippen LogP contribution is 2.16. The van der Waals surface area contributed by atoms with Gasteiger partial charge in [-0.25, -0.2) is 4.98 Å². The Morgan fingerprint density at radius 1 is 1.47 bits per heavy atom. The van der Waals surface area contributed by atoms with Gasteiger partial charge in [0.05, 0.1) is 17.8 Å². The molecule has 1 heterocycles. The largest absolute Gasteiger partial charge is 0.383 e. The van der Waals surface area contributed by atoms with Crippen molar-refractivity contribution in [1.29, 1.82) is 0 Å². The molecule has 0 fully saturated rings. The smallest absolute Gasteiger partial charge is 0.0794 e.